The molecule has 1 rings (SSSR count). The summed E-state index contributed by atoms with van der Waals surface area (Å²) in [4.78, 5) is 8.99. The van der Waals surface area contributed by atoms with Crippen LogP contribution in [0.2, 0.25) is 0 Å². The van der Waals surface area contributed by atoms with Gasteiger partial charge in [-0.25, -0.2) is 4.57 Å². The van der Waals surface area contributed by atoms with Gasteiger partial charge in [0.05, 0.1) is 0 Å². The van der Waals surface area contributed by atoms with Crippen LogP contribution in [0.25, 0.3) is 0 Å². The number of alkyl halides is 1. The van der Waals surface area contributed by atoms with E-state index in [9.17, 15) is 4.57 Å². The molecular formula is C7H8ClO4P. The topological polar surface area (TPSA) is 55.8 Å². The van der Waals surface area contributed by atoms with Crippen molar-refractivity contribution in [1.29, 1.82) is 0 Å². The van der Waals surface area contributed by atoms with Crippen molar-refractivity contribution >= 4 is 19.4 Å². The number of phosphoric acid groups is 1. The minimum Gasteiger partial charge on any atom is -0.404 e. The molecule has 1 aromatic rings. The molecule has 0 saturated heterocycles. The molecule has 0 saturated carbocycles. The average molecular weight is 223 g/mol. The highest BCUT2D eigenvalue weighted by molar-refractivity contribution is 7.47. The number of phosphoric ester groups is 1. The molecule has 0 amide bonds. The Labute approximate surface area is 80.7 Å². The van der Waals surface area contributed by atoms with Crippen molar-refractivity contribution in [3.63, 3.8) is 0 Å². The molecule has 0 aliphatic heterocycles. The maximum absolute atomic E-state index is 11.0. The van der Waals surface area contributed by atoms with Crippen LogP contribution >= 0.6 is 19.4 Å². The number of hydrogen-bond donors (Lipinski definition) is 1. The van der Waals surface area contributed by atoms with Gasteiger partial charge < -0.3 is 4.52 Å². The lowest BCUT2D eigenvalue weighted by Crippen LogP contribution is -1.95. The van der Waals surface area contributed by atoms with E-state index in [2.05, 4.69) is 9.05 Å². The van der Waals surface area contributed by atoms with Crippen molar-refractivity contribution in [1.82, 2.24) is 0 Å². The van der Waals surface area contributed by atoms with Gasteiger partial charge >= 0.3 is 7.82 Å². The van der Waals surface area contributed by atoms with E-state index in [4.69, 9.17) is 16.5 Å². The minimum atomic E-state index is -4.05. The highest BCUT2D eigenvalue weighted by atomic mass is 35.5. The van der Waals surface area contributed by atoms with Crippen molar-refractivity contribution < 1.29 is 18.5 Å². The monoisotopic (exact) mass is 222 g/mol. The molecule has 0 heterocycles. The summed E-state index contributed by atoms with van der Waals surface area (Å²) in [7, 11) is -4.05. The van der Waals surface area contributed by atoms with Crippen LogP contribution in [0.1, 0.15) is 0 Å². The molecule has 0 aliphatic carbocycles. The average Bonchev–Trinajstić information content (AvgIpc) is 2.04. The molecule has 0 fully saturated rings. The quantitative estimate of drug-likeness (QED) is 0.628. The molecule has 72 valence electrons. The fraction of sp³-hybridized carbons (Fsp3) is 0.143. The predicted molar refractivity (Wildman–Crippen MR) is 48.7 cm³/mol. The lowest BCUT2D eigenvalue weighted by Gasteiger charge is -2.10. The van der Waals surface area contributed by atoms with Gasteiger partial charge in [-0.05, 0) is 12.1 Å². The summed E-state index contributed by atoms with van der Waals surface area (Å²) in [5, 5.41) is 0. The zero-order valence-corrected chi connectivity index (χ0v) is 8.24. The van der Waals surface area contributed by atoms with Crippen molar-refractivity contribution in [3.05, 3.63) is 30.3 Å². The minimum absolute atomic E-state index is 0.262. The summed E-state index contributed by atoms with van der Waals surface area (Å²) < 4.78 is 19.9. The summed E-state index contributed by atoms with van der Waals surface area (Å²) >= 11 is 5.12. The Bertz CT molecular complexity index is 303. The lowest BCUT2D eigenvalue weighted by molar-refractivity contribution is 0.232. The maximum atomic E-state index is 11.0. The molecule has 1 N–H and O–H groups in total. The first-order chi connectivity index (χ1) is 6.14. The number of halogens is 1. The van der Waals surface area contributed by atoms with Crippen LogP contribution in [0.15, 0.2) is 30.3 Å². The second-order valence-electron chi connectivity index (χ2n) is 2.11. The van der Waals surface area contributed by atoms with Crippen LogP contribution in [0.5, 0.6) is 5.75 Å². The summed E-state index contributed by atoms with van der Waals surface area (Å²) in [5.74, 6) is 0.262. The highest BCUT2D eigenvalue weighted by Gasteiger charge is 2.21. The van der Waals surface area contributed by atoms with Gasteiger partial charge in [-0.3, -0.25) is 9.42 Å². The van der Waals surface area contributed by atoms with E-state index in [1.54, 1.807) is 30.3 Å². The van der Waals surface area contributed by atoms with Gasteiger partial charge in [-0.1, -0.05) is 29.8 Å². The Morgan fingerprint density at radius 2 is 2.00 bits per heavy atom. The second kappa shape index (κ2) is 4.63. The number of rotatable bonds is 4. The van der Waals surface area contributed by atoms with Crippen molar-refractivity contribution in [2.24, 2.45) is 0 Å². The van der Waals surface area contributed by atoms with E-state index in [0.29, 0.717) is 0 Å². The third kappa shape index (κ3) is 3.79. The Hall–Kier alpha value is -0.540. The molecular weight excluding hydrogens is 214 g/mol. The van der Waals surface area contributed by atoms with E-state index in [1.165, 1.54) is 0 Å². The molecule has 1 unspecified atom stereocenters. The van der Waals surface area contributed by atoms with Crippen molar-refractivity contribution in [3.8, 4) is 5.75 Å². The Morgan fingerprint density at radius 1 is 1.38 bits per heavy atom. The van der Waals surface area contributed by atoms with Gasteiger partial charge in [-0.15, -0.1) is 0 Å². The third-order valence-corrected chi connectivity index (χ3v) is 2.33. The Morgan fingerprint density at radius 3 is 2.54 bits per heavy atom. The zero-order valence-electron chi connectivity index (χ0n) is 6.59. The molecule has 6 heteroatoms. The van der Waals surface area contributed by atoms with Gasteiger partial charge in [0.2, 0.25) is 0 Å². The highest BCUT2D eigenvalue weighted by Crippen LogP contribution is 2.43. The Kier molecular flexibility index (Phi) is 3.75. The van der Waals surface area contributed by atoms with Crippen LogP contribution in [-0.2, 0) is 9.09 Å². The van der Waals surface area contributed by atoms with Gasteiger partial charge in [0.15, 0.2) is 0 Å². The summed E-state index contributed by atoms with van der Waals surface area (Å²) in [6.45, 7) is 0. The SMILES string of the molecule is O=P(O)(OCCl)Oc1ccccc1. The van der Waals surface area contributed by atoms with Crippen LogP contribution in [0.4, 0.5) is 0 Å². The Balaban J connectivity index is 2.64. The number of benzene rings is 1. The zero-order chi connectivity index (χ0) is 9.73. The molecule has 0 spiro atoms. The summed E-state index contributed by atoms with van der Waals surface area (Å²) in [5.41, 5.74) is 0. The second-order valence-corrected chi connectivity index (χ2v) is 3.71. The van der Waals surface area contributed by atoms with E-state index in [0.717, 1.165) is 0 Å². The maximum Gasteiger partial charge on any atom is 0.528 e. The molecule has 0 aromatic heterocycles. The van der Waals surface area contributed by atoms with Gasteiger partial charge in [0.1, 0.15) is 11.8 Å². The van der Waals surface area contributed by atoms with Gasteiger partial charge in [0.25, 0.3) is 0 Å². The van der Waals surface area contributed by atoms with E-state index in [1.807, 2.05) is 0 Å². The molecule has 1 aromatic carbocycles. The van der Waals surface area contributed by atoms with Crippen molar-refractivity contribution in [2.75, 3.05) is 6.07 Å². The van der Waals surface area contributed by atoms with Crippen LogP contribution in [-0.4, -0.2) is 11.0 Å². The molecule has 4 nitrogen and oxygen atoms in total. The summed E-state index contributed by atoms with van der Waals surface area (Å²) in [6.07, 6.45) is 0. The molecule has 0 aliphatic rings. The first kappa shape index (κ1) is 10.5. The summed E-state index contributed by atoms with van der Waals surface area (Å²) in [6, 6.07) is 7.81. The van der Waals surface area contributed by atoms with Gasteiger partial charge in [0, 0.05) is 0 Å². The first-order valence-corrected chi connectivity index (χ1v) is 5.45. The lowest BCUT2D eigenvalue weighted by atomic mass is 10.3. The standard InChI is InChI=1S/C7H8ClO4P/c8-6-11-13(9,10)12-7-4-2-1-3-5-7/h1-5H,6H2,(H,9,10). The van der Waals surface area contributed by atoms with E-state index in [-0.39, 0.29) is 11.8 Å². The smallest absolute Gasteiger partial charge is 0.404 e. The molecule has 0 radical (unpaired) electrons. The van der Waals surface area contributed by atoms with Crippen LogP contribution in [0, 0.1) is 0 Å². The fourth-order valence-corrected chi connectivity index (χ4v) is 1.64. The predicted octanol–water partition coefficient (Wildman–Crippen LogP) is 2.38. The molecule has 0 bridgehead atoms. The largest absolute Gasteiger partial charge is 0.528 e. The van der Waals surface area contributed by atoms with Gasteiger partial charge in [-0.2, -0.15) is 0 Å². The van der Waals surface area contributed by atoms with E-state index < -0.39 is 7.82 Å². The first-order valence-electron chi connectivity index (χ1n) is 3.42. The number of para-hydroxylation sites is 1. The number of hydrogen-bond acceptors (Lipinski definition) is 3. The van der Waals surface area contributed by atoms with Crippen LogP contribution < -0.4 is 4.52 Å². The van der Waals surface area contributed by atoms with E-state index >= 15 is 0 Å². The van der Waals surface area contributed by atoms with Crippen molar-refractivity contribution in [2.45, 2.75) is 0 Å². The molecule has 1 atom stereocenters. The normalized spacial score (nSPS) is 14.9. The fourth-order valence-electron chi connectivity index (χ4n) is 0.703. The molecule has 13 heavy (non-hydrogen) atoms. The van der Waals surface area contributed by atoms with Crippen LogP contribution in [0.3, 0.4) is 0 Å². The third-order valence-electron chi connectivity index (χ3n) is 1.18.